The highest BCUT2D eigenvalue weighted by Gasteiger charge is 2.29. The number of nitrogens with one attached hydrogen (secondary N) is 1. The van der Waals surface area contributed by atoms with Gasteiger partial charge in [-0.05, 0) is 43.0 Å². The van der Waals surface area contributed by atoms with Crippen molar-refractivity contribution in [3.05, 3.63) is 65.7 Å². The van der Waals surface area contributed by atoms with Crippen LogP contribution in [0.1, 0.15) is 44.7 Å². The summed E-state index contributed by atoms with van der Waals surface area (Å²) >= 11 is 1.56. The molecule has 1 N–H and O–H groups in total. The van der Waals surface area contributed by atoms with Crippen molar-refractivity contribution >= 4 is 23.6 Å². The number of carbonyl (C=O) groups excluding carboxylic acids is 2. The highest BCUT2D eigenvalue weighted by atomic mass is 32.2. The first-order chi connectivity index (χ1) is 15.0. The summed E-state index contributed by atoms with van der Waals surface area (Å²) in [5.41, 5.74) is 2.15. The lowest BCUT2D eigenvalue weighted by Crippen LogP contribution is -2.51. The molecule has 2 rings (SSSR count). The third-order valence-corrected chi connectivity index (χ3v) is 6.22. The standard InChI is InChI=1S/C25H34N2O3S/c1-5-19(3)26-25(29)23(6-2)27(16-20-10-8-7-9-11-20)24(28)18-31-17-21-12-14-22(30-4)15-13-21/h7-15,19,23H,5-6,16-18H2,1-4H3,(H,26,29)/t19-,23-/m0/s1. The van der Waals surface area contributed by atoms with Crippen LogP contribution in [0.4, 0.5) is 0 Å². The molecule has 0 radical (unpaired) electrons. The van der Waals surface area contributed by atoms with Crippen molar-refractivity contribution in [3.8, 4) is 5.75 Å². The van der Waals surface area contributed by atoms with Gasteiger partial charge >= 0.3 is 0 Å². The molecular weight excluding hydrogens is 408 g/mol. The van der Waals surface area contributed by atoms with Gasteiger partial charge in [-0.1, -0.05) is 56.3 Å². The average Bonchev–Trinajstić information content (AvgIpc) is 2.79. The fourth-order valence-electron chi connectivity index (χ4n) is 3.20. The van der Waals surface area contributed by atoms with E-state index in [1.807, 2.05) is 75.4 Å². The molecule has 0 aliphatic carbocycles. The van der Waals surface area contributed by atoms with E-state index < -0.39 is 6.04 Å². The van der Waals surface area contributed by atoms with E-state index in [0.29, 0.717) is 18.7 Å². The number of rotatable bonds is 12. The first-order valence-electron chi connectivity index (χ1n) is 10.8. The molecule has 0 bridgehead atoms. The van der Waals surface area contributed by atoms with Crippen LogP contribution in [0.25, 0.3) is 0 Å². The Morgan fingerprint density at radius 3 is 2.26 bits per heavy atom. The van der Waals surface area contributed by atoms with Crippen molar-refractivity contribution in [2.75, 3.05) is 12.9 Å². The molecule has 6 heteroatoms. The molecule has 0 heterocycles. The largest absolute Gasteiger partial charge is 0.497 e. The molecule has 2 amide bonds. The van der Waals surface area contributed by atoms with Crippen LogP contribution >= 0.6 is 11.8 Å². The lowest BCUT2D eigenvalue weighted by molar-refractivity contribution is -0.139. The van der Waals surface area contributed by atoms with Gasteiger partial charge in [0.05, 0.1) is 12.9 Å². The van der Waals surface area contributed by atoms with Gasteiger partial charge in [0.15, 0.2) is 0 Å². The fourth-order valence-corrected chi connectivity index (χ4v) is 4.07. The molecular formula is C25H34N2O3S. The van der Waals surface area contributed by atoms with Gasteiger partial charge in [0.25, 0.3) is 0 Å². The number of methoxy groups -OCH3 is 1. The second kappa shape index (κ2) is 13.1. The first-order valence-corrected chi connectivity index (χ1v) is 12.0. The van der Waals surface area contributed by atoms with Gasteiger partial charge < -0.3 is 15.0 Å². The maximum Gasteiger partial charge on any atom is 0.243 e. The zero-order valence-electron chi connectivity index (χ0n) is 19.0. The normalized spacial score (nSPS) is 12.6. The molecule has 0 unspecified atom stereocenters. The Labute approximate surface area is 190 Å². The van der Waals surface area contributed by atoms with Crippen LogP contribution in [-0.2, 0) is 21.9 Å². The summed E-state index contributed by atoms with van der Waals surface area (Å²) in [6.45, 7) is 6.40. The fraction of sp³-hybridized carbons (Fsp3) is 0.440. The predicted molar refractivity (Wildman–Crippen MR) is 128 cm³/mol. The lowest BCUT2D eigenvalue weighted by atomic mass is 10.1. The molecule has 2 aromatic rings. The minimum absolute atomic E-state index is 0.0199. The Balaban J connectivity index is 2.08. The average molecular weight is 443 g/mol. The third kappa shape index (κ3) is 7.94. The second-order valence-corrected chi connectivity index (χ2v) is 8.58. The summed E-state index contributed by atoms with van der Waals surface area (Å²) in [5, 5.41) is 3.04. The summed E-state index contributed by atoms with van der Waals surface area (Å²) in [6.07, 6.45) is 1.43. The van der Waals surface area contributed by atoms with Crippen LogP contribution in [-0.4, -0.2) is 41.7 Å². The van der Waals surface area contributed by atoms with Crippen LogP contribution < -0.4 is 10.1 Å². The summed E-state index contributed by atoms with van der Waals surface area (Å²) in [5.74, 6) is 1.77. The van der Waals surface area contributed by atoms with Gasteiger partial charge in [-0.15, -0.1) is 11.8 Å². The van der Waals surface area contributed by atoms with Crippen molar-refractivity contribution in [2.24, 2.45) is 0 Å². The van der Waals surface area contributed by atoms with Crippen molar-refractivity contribution < 1.29 is 14.3 Å². The first kappa shape index (κ1) is 24.8. The van der Waals surface area contributed by atoms with Crippen molar-refractivity contribution in [1.29, 1.82) is 0 Å². The molecule has 0 saturated heterocycles. The van der Waals surface area contributed by atoms with Crippen LogP contribution in [0.15, 0.2) is 54.6 Å². The van der Waals surface area contributed by atoms with E-state index in [2.05, 4.69) is 5.32 Å². The van der Waals surface area contributed by atoms with Crippen LogP contribution in [0, 0.1) is 0 Å². The molecule has 5 nitrogen and oxygen atoms in total. The number of nitrogens with zero attached hydrogens (tertiary/aromatic N) is 1. The quantitative estimate of drug-likeness (QED) is 0.520. The monoisotopic (exact) mass is 442 g/mol. The minimum Gasteiger partial charge on any atom is -0.497 e. The van der Waals surface area contributed by atoms with Crippen molar-refractivity contribution in [1.82, 2.24) is 10.2 Å². The van der Waals surface area contributed by atoms with E-state index in [1.54, 1.807) is 23.8 Å². The Morgan fingerprint density at radius 1 is 1.00 bits per heavy atom. The molecule has 0 aromatic heterocycles. The lowest BCUT2D eigenvalue weighted by Gasteiger charge is -2.31. The molecule has 31 heavy (non-hydrogen) atoms. The molecule has 0 saturated carbocycles. The Hall–Kier alpha value is -2.47. The Bertz CT molecular complexity index is 811. The van der Waals surface area contributed by atoms with Gasteiger partial charge in [0, 0.05) is 18.3 Å². The molecule has 0 aliphatic heterocycles. The van der Waals surface area contributed by atoms with E-state index in [4.69, 9.17) is 4.74 Å². The second-order valence-electron chi connectivity index (χ2n) is 7.59. The maximum atomic E-state index is 13.2. The molecule has 168 valence electrons. The maximum absolute atomic E-state index is 13.2. The van der Waals surface area contributed by atoms with Crippen molar-refractivity contribution in [3.63, 3.8) is 0 Å². The topological polar surface area (TPSA) is 58.6 Å². The van der Waals surface area contributed by atoms with Gasteiger partial charge in [0.2, 0.25) is 11.8 Å². The molecule has 2 atom stereocenters. The van der Waals surface area contributed by atoms with Gasteiger partial charge in [-0.3, -0.25) is 9.59 Å². The smallest absolute Gasteiger partial charge is 0.243 e. The van der Waals surface area contributed by atoms with E-state index in [1.165, 1.54) is 0 Å². The summed E-state index contributed by atoms with van der Waals surface area (Å²) in [7, 11) is 1.64. The number of benzene rings is 2. The summed E-state index contributed by atoms with van der Waals surface area (Å²) < 4.78 is 5.19. The number of ether oxygens (including phenoxy) is 1. The third-order valence-electron chi connectivity index (χ3n) is 5.24. The number of hydrogen-bond acceptors (Lipinski definition) is 4. The zero-order chi connectivity index (χ0) is 22.6. The molecule has 0 aliphatic rings. The van der Waals surface area contributed by atoms with Gasteiger partial charge in [-0.25, -0.2) is 0 Å². The molecule has 0 fully saturated rings. The minimum atomic E-state index is -0.483. The van der Waals surface area contributed by atoms with Gasteiger partial charge in [0.1, 0.15) is 11.8 Å². The summed E-state index contributed by atoms with van der Waals surface area (Å²) in [6, 6.07) is 17.3. The summed E-state index contributed by atoms with van der Waals surface area (Å²) in [4.78, 5) is 27.8. The highest BCUT2D eigenvalue weighted by molar-refractivity contribution is 7.99. The van der Waals surface area contributed by atoms with Crippen LogP contribution in [0.3, 0.4) is 0 Å². The zero-order valence-corrected chi connectivity index (χ0v) is 19.8. The Kier molecular flexibility index (Phi) is 10.4. The van der Waals surface area contributed by atoms with Crippen LogP contribution in [0.5, 0.6) is 5.75 Å². The number of thioether (sulfide) groups is 1. The van der Waals surface area contributed by atoms with Crippen molar-refractivity contribution in [2.45, 2.75) is 58.0 Å². The SMILES string of the molecule is CC[C@H](C)NC(=O)[C@H](CC)N(Cc1ccccc1)C(=O)CSCc1ccc(OC)cc1. The van der Waals surface area contributed by atoms with E-state index in [-0.39, 0.29) is 17.9 Å². The van der Waals surface area contributed by atoms with E-state index in [9.17, 15) is 9.59 Å². The predicted octanol–water partition coefficient (Wildman–Crippen LogP) is 4.65. The molecule has 0 spiro atoms. The van der Waals surface area contributed by atoms with Crippen LogP contribution in [0.2, 0.25) is 0 Å². The van der Waals surface area contributed by atoms with E-state index in [0.717, 1.165) is 29.1 Å². The number of amides is 2. The number of carbonyl (C=O) groups is 2. The highest BCUT2D eigenvalue weighted by Crippen LogP contribution is 2.19. The number of hydrogen-bond donors (Lipinski definition) is 1. The van der Waals surface area contributed by atoms with E-state index >= 15 is 0 Å². The van der Waals surface area contributed by atoms with Gasteiger partial charge in [-0.2, -0.15) is 0 Å². The molecule has 2 aromatic carbocycles. The Morgan fingerprint density at radius 2 is 1.68 bits per heavy atom.